The minimum absolute atomic E-state index is 0.128. The van der Waals surface area contributed by atoms with Gasteiger partial charge in [-0.25, -0.2) is 13.1 Å². The van der Waals surface area contributed by atoms with E-state index in [4.69, 9.17) is 16.3 Å². The van der Waals surface area contributed by atoms with Crippen molar-refractivity contribution in [3.05, 3.63) is 70.3 Å². The van der Waals surface area contributed by atoms with Gasteiger partial charge in [-0.15, -0.1) is 0 Å². The zero-order chi connectivity index (χ0) is 28.9. The molecule has 7 nitrogen and oxygen atoms in total. The van der Waals surface area contributed by atoms with Crippen LogP contribution in [0.3, 0.4) is 0 Å². The molecule has 1 amide bonds. The summed E-state index contributed by atoms with van der Waals surface area (Å²) in [6, 6.07) is 11.4. The molecule has 0 aromatic heterocycles. The van der Waals surface area contributed by atoms with Gasteiger partial charge in [0.15, 0.2) is 0 Å². The van der Waals surface area contributed by atoms with E-state index in [0.717, 1.165) is 42.8 Å². The number of hydrogen-bond acceptors (Lipinski definition) is 6. The van der Waals surface area contributed by atoms with Crippen LogP contribution in [0.4, 0.5) is 5.69 Å². The molecule has 2 aromatic rings. The Labute approximate surface area is 248 Å². The van der Waals surface area contributed by atoms with Crippen LogP contribution in [-0.4, -0.2) is 50.5 Å². The monoisotopic (exact) mass is 598 g/mol. The minimum atomic E-state index is -3.91. The van der Waals surface area contributed by atoms with Crippen molar-refractivity contribution in [3.63, 3.8) is 0 Å². The fourth-order valence-corrected chi connectivity index (χ4v) is 8.64. The van der Waals surface area contributed by atoms with Crippen LogP contribution in [0.2, 0.25) is 5.02 Å². The number of ether oxygens (including phenoxy) is 1. The molecule has 2 aliphatic carbocycles. The number of rotatable bonds is 0. The lowest BCUT2D eigenvalue weighted by Crippen LogP contribution is -2.49. The van der Waals surface area contributed by atoms with Crippen LogP contribution < -0.4 is 14.4 Å². The van der Waals surface area contributed by atoms with E-state index in [1.807, 2.05) is 25.1 Å². The van der Waals surface area contributed by atoms with Gasteiger partial charge in [0.25, 0.3) is 5.91 Å². The first-order valence-corrected chi connectivity index (χ1v) is 16.7. The van der Waals surface area contributed by atoms with Gasteiger partial charge >= 0.3 is 0 Å². The Hall–Kier alpha value is -2.55. The van der Waals surface area contributed by atoms with Crippen LogP contribution >= 0.6 is 11.6 Å². The molecule has 1 unspecified atom stereocenters. The molecule has 41 heavy (non-hydrogen) atoms. The summed E-state index contributed by atoms with van der Waals surface area (Å²) in [5.41, 5.74) is 3.33. The number of sulfonamides is 1. The van der Waals surface area contributed by atoms with Crippen LogP contribution in [-0.2, 0) is 21.9 Å². The molecular weight excluding hydrogens is 560 g/mol. The van der Waals surface area contributed by atoms with E-state index in [1.54, 1.807) is 25.1 Å². The average Bonchev–Trinajstić information content (AvgIpc) is 3.06. The highest BCUT2D eigenvalue weighted by Gasteiger charge is 2.44. The molecule has 6 rings (SSSR count). The van der Waals surface area contributed by atoms with Gasteiger partial charge in [-0.3, -0.25) is 4.79 Å². The van der Waals surface area contributed by atoms with Crippen LogP contribution in [0.15, 0.2) is 48.6 Å². The summed E-state index contributed by atoms with van der Waals surface area (Å²) < 4.78 is 35.1. The second kappa shape index (κ2) is 10.9. The first kappa shape index (κ1) is 28.6. The van der Waals surface area contributed by atoms with E-state index in [0.29, 0.717) is 31.9 Å². The molecule has 220 valence electrons. The number of amides is 1. The van der Waals surface area contributed by atoms with Gasteiger partial charge in [0, 0.05) is 29.1 Å². The number of anilines is 1. The molecule has 2 aliphatic heterocycles. The predicted molar refractivity (Wildman–Crippen MR) is 161 cm³/mol. The summed E-state index contributed by atoms with van der Waals surface area (Å²) in [4.78, 5) is 15.6. The lowest BCUT2D eigenvalue weighted by Gasteiger charge is -2.45. The summed E-state index contributed by atoms with van der Waals surface area (Å²) >= 11 is 6.38. The van der Waals surface area contributed by atoms with Crippen LogP contribution in [0.1, 0.15) is 67.4 Å². The summed E-state index contributed by atoms with van der Waals surface area (Å²) in [6.45, 7) is 5.39. The Balaban J connectivity index is 1.42. The Morgan fingerprint density at radius 3 is 2.76 bits per heavy atom. The van der Waals surface area contributed by atoms with E-state index in [2.05, 4.69) is 21.8 Å². The van der Waals surface area contributed by atoms with Crippen molar-refractivity contribution in [2.24, 2.45) is 17.8 Å². The number of aliphatic hydroxyl groups is 1. The number of benzene rings is 2. The van der Waals surface area contributed by atoms with Crippen molar-refractivity contribution in [3.8, 4) is 5.75 Å². The molecule has 2 heterocycles. The molecule has 9 heteroatoms. The van der Waals surface area contributed by atoms with Crippen LogP contribution in [0, 0.1) is 17.8 Å². The second-order valence-electron chi connectivity index (χ2n) is 12.6. The maximum absolute atomic E-state index is 13.3. The SMILES string of the molecule is C[C@@H]1[C@@H](C)C/C=C\[C@H](O)C2CC[C@H]2CN2C[C@@]3(CCCc4cc(Cl)ccc43)COc3ccc(cc32)C(=O)NS1(=O)=O. The number of carbonyl (C=O) groups excluding carboxylic acids is 1. The number of carbonyl (C=O) groups is 1. The molecule has 0 saturated heterocycles. The lowest BCUT2D eigenvalue weighted by atomic mass is 9.68. The zero-order valence-corrected chi connectivity index (χ0v) is 25.3. The highest BCUT2D eigenvalue weighted by molar-refractivity contribution is 7.90. The highest BCUT2D eigenvalue weighted by atomic mass is 35.5. The smallest absolute Gasteiger partial charge is 0.264 e. The molecule has 4 aliphatic rings. The van der Waals surface area contributed by atoms with E-state index in [1.165, 1.54) is 11.1 Å². The Morgan fingerprint density at radius 1 is 1.15 bits per heavy atom. The van der Waals surface area contributed by atoms with Crippen LogP contribution in [0.25, 0.3) is 0 Å². The van der Waals surface area contributed by atoms with Gasteiger partial charge < -0.3 is 14.7 Å². The average molecular weight is 599 g/mol. The molecule has 6 atom stereocenters. The third-order valence-corrected chi connectivity index (χ3v) is 12.2. The first-order valence-electron chi connectivity index (χ1n) is 14.8. The summed E-state index contributed by atoms with van der Waals surface area (Å²) in [7, 11) is -3.91. The maximum atomic E-state index is 13.3. The van der Waals surface area contributed by atoms with Gasteiger partial charge in [0.05, 0.1) is 23.6 Å². The third-order valence-electron chi connectivity index (χ3n) is 10.0. The number of allylic oxidation sites excluding steroid dienone is 1. The van der Waals surface area contributed by atoms with Gasteiger partial charge in [-0.2, -0.15) is 0 Å². The Morgan fingerprint density at radius 2 is 1.98 bits per heavy atom. The number of fused-ring (bicyclic) bond motifs is 4. The van der Waals surface area contributed by atoms with Crippen molar-refractivity contribution >= 4 is 33.2 Å². The molecule has 0 radical (unpaired) electrons. The molecule has 1 spiro atoms. The van der Waals surface area contributed by atoms with Gasteiger partial charge in [0.1, 0.15) is 5.75 Å². The van der Waals surface area contributed by atoms with Gasteiger partial charge in [-0.1, -0.05) is 36.7 Å². The van der Waals surface area contributed by atoms with E-state index < -0.39 is 27.3 Å². The normalized spacial score (nSPS) is 33.8. The van der Waals surface area contributed by atoms with E-state index in [9.17, 15) is 18.3 Å². The quantitative estimate of drug-likeness (QED) is 0.403. The molecule has 2 N–H and O–H groups in total. The summed E-state index contributed by atoms with van der Waals surface area (Å²) in [5, 5.41) is 11.1. The lowest BCUT2D eigenvalue weighted by molar-refractivity contribution is 0.0456. The van der Waals surface area contributed by atoms with Crippen molar-refractivity contribution in [2.75, 3.05) is 24.6 Å². The molecule has 1 saturated carbocycles. The summed E-state index contributed by atoms with van der Waals surface area (Å²) in [5.74, 6) is 0.232. The highest BCUT2D eigenvalue weighted by Crippen LogP contribution is 2.46. The standard InChI is InChI=1S/C32H39ClN2O5S/c1-20-5-3-7-29(36)26-11-8-24(26)17-35-18-32(14-4-6-22-15-25(33)10-12-27(22)32)19-40-30-13-9-23(16-28(30)35)31(37)34-41(38,39)21(20)2/h3,7,9-10,12-13,15-16,20-21,24,26,29,36H,4-6,8,11,14,17-19H2,1-2H3,(H,34,37)/b7-3-/t20-,21+,24-,26?,29-,32-/m0/s1. The fourth-order valence-electron chi connectivity index (χ4n) is 7.16. The molecule has 2 bridgehead atoms. The minimum Gasteiger partial charge on any atom is -0.490 e. The van der Waals surface area contributed by atoms with Crippen molar-refractivity contribution < 1.29 is 23.1 Å². The Kier molecular flexibility index (Phi) is 7.62. The number of hydrogen-bond donors (Lipinski definition) is 2. The second-order valence-corrected chi connectivity index (χ2v) is 15.1. The first-order chi connectivity index (χ1) is 19.6. The maximum Gasteiger partial charge on any atom is 0.264 e. The molecule has 2 aromatic carbocycles. The van der Waals surface area contributed by atoms with Crippen molar-refractivity contribution in [1.29, 1.82) is 0 Å². The fraction of sp³-hybridized carbons (Fsp3) is 0.531. The predicted octanol–water partition coefficient (Wildman–Crippen LogP) is 5.24. The molecule has 1 fully saturated rings. The zero-order valence-electron chi connectivity index (χ0n) is 23.7. The van der Waals surface area contributed by atoms with Gasteiger partial charge in [0.2, 0.25) is 10.0 Å². The van der Waals surface area contributed by atoms with Gasteiger partial charge in [-0.05, 0) is 105 Å². The third kappa shape index (κ3) is 5.39. The van der Waals surface area contributed by atoms with Crippen LogP contribution in [0.5, 0.6) is 5.75 Å². The van der Waals surface area contributed by atoms with Crippen molar-refractivity contribution in [2.45, 2.75) is 69.1 Å². The molecular formula is C32H39ClN2O5S. The topological polar surface area (TPSA) is 95.9 Å². The Bertz CT molecular complexity index is 1480. The van der Waals surface area contributed by atoms with E-state index in [-0.39, 0.29) is 28.7 Å². The van der Waals surface area contributed by atoms with E-state index >= 15 is 0 Å². The number of aryl methyl sites for hydroxylation is 1. The largest absolute Gasteiger partial charge is 0.490 e. The number of nitrogens with zero attached hydrogens (tertiary/aromatic N) is 1. The van der Waals surface area contributed by atoms with Crippen molar-refractivity contribution in [1.82, 2.24) is 4.72 Å². The number of aliphatic hydroxyl groups excluding tert-OH is 1. The number of halogens is 1. The summed E-state index contributed by atoms with van der Waals surface area (Å²) in [6.07, 6.45) is 8.58. The number of nitrogens with one attached hydrogen (secondary N) is 1.